The third kappa shape index (κ3) is 4.11. The Kier molecular flexibility index (Phi) is 5.68. The molecule has 140 valence electrons. The predicted molar refractivity (Wildman–Crippen MR) is 101 cm³/mol. The summed E-state index contributed by atoms with van der Waals surface area (Å²) in [5.41, 5.74) is 1.17. The summed E-state index contributed by atoms with van der Waals surface area (Å²) in [4.78, 5) is 2.38. The molecule has 3 rings (SSSR count). The van der Waals surface area contributed by atoms with E-state index >= 15 is 0 Å². The van der Waals surface area contributed by atoms with E-state index in [4.69, 9.17) is 9.47 Å². The van der Waals surface area contributed by atoms with Crippen LogP contribution in [0.25, 0.3) is 0 Å². The van der Waals surface area contributed by atoms with Crippen molar-refractivity contribution in [2.75, 3.05) is 38.8 Å². The molecule has 6 nitrogen and oxygen atoms in total. The molecule has 0 aromatic heterocycles. The lowest BCUT2D eigenvalue weighted by Gasteiger charge is -2.19. The Balaban J connectivity index is 1.66. The van der Waals surface area contributed by atoms with Crippen LogP contribution in [0.3, 0.4) is 0 Å². The SMILES string of the molecule is COc1ccc(OC)c(S(=O)(=O)NCC2CCN(c3ccccc3)C2)c1. The second kappa shape index (κ2) is 7.97. The van der Waals surface area contributed by atoms with Gasteiger partial charge in [-0.25, -0.2) is 13.1 Å². The van der Waals surface area contributed by atoms with E-state index in [9.17, 15) is 8.42 Å². The molecule has 1 atom stereocenters. The van der Waals surface area contributed by atoms with Crippen molar-refractivity contribution in [3.05, 3.63) is 48.5 Å². The van der Waals surface area contributed by atoms with Crippen molar-refractivity contribution in [2.24, 2.45) is 5.92 Å². The minimum atomic E-state index is -3.68. The third-order valence-electron chi connectivity index (χ3n) is 4.63. The highest BCUT2D eigenvalue weighted by Gasteiger charge is 2.26. The van der Waals surface area contributed by atoms with Gasteiger partial charge in [0.15, 0.2) is 0 Å². The fourth-order valence-electron chi connectivity index (χ4n) is 3.17. The lowest BCUT2D eigenvalue weighted by molar-refractivity contribution is 0.391. The first-order chi connectivity index (χ1) is 12.5. The largest absolute Gasteiger partial charge is 0.497 e. The number of hydrogen-bond acceptors (Lipinski definition) is 5. The zero-order chi connectivity index (χ0) is 18.6. The first-order valence-corrected chi connectivity index (χ1v) is 10.0. The Morgan fingerprint density at radius 2 is 1.88 bits per heavy atom. The summed E-state index contributed by atoms with van der Waals surface area (Å²) < 4.78 is 38.5. The minimum absolute atomic E-state index is 0.0947. The van der Waals surface area contributed by atoms with Crippen LogP contribution in [0.2, 0.25) is 0 Å². The second-order valence-electron chi connectivity index (χ2n) is 6.30. The second-order valence-corrected chi connectivity index (χ2v) is 8.04. The summed E-state index contributed by atoms with van der Waals surface area (Å²) >= 11 is 0. The van der Waals surface area contributed by atoms with Gasteiger partial charge >= 0.3 is 0 Å². The van der Waals surface area contributed by atoms with Gasteiger partial charge in [0.25, 0.3) is 0 Å². The molecular formula is C19H24N2O4S. The number of anilines is 1. The van der Waals surface area contributed by atoms with Crippen molar-refractivity contribution in [1.82, 2.24) is 4.72 Å². The van der Waals surface area contributed by atoms with Crippen LogP contribution in [-0.4, -0.2) is 42.3 Å². The highest BCUT2D eigenvalue weighted by atomic mass is 32.2. The molecule has 0 radical (unpaired) electrons. The van der Waals surface area contributed by atoms with Crippen molar-refractivity contribution in [3.8, 4) is 11.5 Å². The van der Waals surface area contributed by atoms with Crippen molar-refractivity contribution < 1.29 is 17.9 Å². The lowest BCUT2D eigenvalue weighted by Crippen LogP contribution is -2.31. The quantitative estimate of drug-likeness (QED) is 0.804. The van der Waals surface area contributed by atoms with Crippen LogP contribution >= 0.6 is 0 Å². The van der Waals surface area contributed by atoms with E-state index in [1.807, 2.05) is 18.2 Å². The number of para-hydroxylation sites is 1. The van der Waals surface area contributed by atoms with Gasteiger partial charge in [-0.1, -0.05) is 18.2 Å². The lowest BCUT2D eigenvalue weighted by atomic mass is 10.1. The molecule has 0 bridgehead atoms. The van der Waals surface area contributed by atoms with Crippen LogP contribution in [0.1, 0.15) is 6.42 Å². The highest BCUT2D eigenvalue weighted by molar-refractivity contribution is 7.89. The first-order valence-electron chi connectivity index (χ1n) is 8.55. The summed E-state index contributed by atoms with van der Waals surface area (Å²) in [5, 5.41) is 0. The molecule has 1 fully saturated rings. The third-order valence-corrected chi connectivity index (χ3v) is 6.07. The molecule has 1 aliphatic rings. The zero-order valence-electron chi connectivity index (χ0n) is 15.0. The molecule has 2 aromatic rings. The Hall–Kier alpha value is -2.25. The molecule has 0 aliphatic carbocycles. The minimum Gasteiger partial charge on any atom is -0.497 e. The molecule has 1 heterocycles. The number of ether oxygens (including phenoxy) is 2. The van der Waals surface area contributed by atoms with Gasteiger partial charge in [-0.05, 0) is 36.6 Å². The van der Waals surface area contributed by atoms with Crippen molar-refractivity contribution in [3.63, 3.8) is 0 Å². The molecule has 1 saturated heterocycles. The van der Waals surface area contributed by atoms with E-state index in [0.29, 0.717) is 18.0 Å². The Morgan fingerprint density at radius 1 is 1.12 bits per heavy atom. The molecule has 0 spiro atoms. The van der Waals surface area contributed by atoms with Gasteiger partial charge in [0, 0.05) is 31.4 Å². The van der Waals surface area contributed by atoms with E-state index in [-0.39, 0.29) is 10.8 Å². The number of methoxy groups -OCH3 is 2. The topological polar surface area (TPSA) is 67.9 Å². The van der Waals surface area contributed by atoms with Gasteiger partial charge in [0.05, 0.1) is 14.2 Å². The fourth-order valence-corrected chi connectivity index (χ4v) is 4.47. The van der Waals surface area contributed by atoms with Crippen LogP contribution in [0.4, 0.5) is 5.69 Å². The van der Waals surface area contributed by atoms with Gasteiger partial charge in [-0.3, -0.25) is 0 Å². The number of rotatable bonds is 7. The van der Waals surface area contributed by atoms with Crippen molar-refractivity contribution >= 4 is 15.7 Å². The number of nitrogens with one attached hydrogen (secondary N) is 1. The molecule has 0 saturated carbocycles. The Labute approximate surface area is 154 Å². The number of benzene rings is 2. The molecule has 26 heavy (non-hydrogen) atoms. The first kappa shape index (κ1) is 18.5. The van der Waals surface area contributed by atoms with E-state index in [2.05, 4.69) is 21.8 Å². The average Bonchev–Trinajstić information content (AvgIpc) is 3.16. The van der Waals surface area contributed by atoms with Gasteiger partial charge in [-0.15, -0.1) is 0 Å². The van der Waals surface area contributed by atoms with E-state index in [0.717, 1.165) is 19.5 Å². The molecule has 1 aliphatic heterocycles. The fraction of sp³-hybridized carbons (Fsp3) is 0.368. The maximum atomic E-state index is 12.7. The van der Waals surface area contributed by atoms with E-state index < -0.39 is 10.0 Å². The van der Waals surface area contributed by atoms with Crippen molar-refractivity contribution in [2.45, 2.75) is 11.3 Å². The summed E-state index contributed by atoms with van der Waals surface area (Å²) in [7, 11) is -0.723. The normalized spacial score (nSPS) is 17.3. The Morgan fingerprint density at radius 3 is 2.58 bits per heavy atom. The zero-order valence-corrected chi connectivity index (χ0v) is 15.8. The Bertz CT molecular complexity index is 840. The molecule has 1 unspecified atom stereocenters. The summed E-state index contributed by atoms with van der Waals surface area (Å²) in [6.45, 7) is 2.16. The summed E-state index contributed by atoms with van der Waals surface area (Å²) in [5.74, 6) is 1.04. The van der Waals surface area contributed by atoms with E-state index in [1.165, 1.54) is 26.0 Å². The summed E-state index contributed by atoms with van der Waals surface area (Å²) in [6, 6.07) is 14.9. The highest BCUT2D eigenvalue weighted by Crippen LogP contribution is 2.29. The number of hydrogen-bond donors (Lipinski definition) is 1. The monoisotopic (exact) mass is 376 g/mol. The van der Waals surface area contributed by atoms with Crippen LogP contribution in [0.5, 0.6) is 11.5 Å². The van der Waals surface area contributed by atoms with Gasteiger partial charge < -0.3 is 14.4 Å². The van der Waals surface area contributed by atoms with Crippen LogP contribution in [0.15, 0.2) is 53.4 Å². The number of sulfonamides is 1. The molecular weight excluding hydrogens is 352 g/mol. The maximum absolute atomic E-state index is 12.7. The number of nitrogens with zero attached hydrogens (tertiary/aromatic N) is 1. The van der Waals surface area contributed by atoms with Crippen LogP contribution < -0.4 is 19.1 Å². The van der Waals surface area contributed by atoms with Gasteiger partial charge in [0.1, 0.15) is 16.4 Å². The molecule has 2 aromatic carbocycles. The molecule has 1 N–H and O–H groups in total. The predicted octanol–water partition coefficient (Wildman–Crippen LogP) is 2.51. The van der Waals surface area contributed by atoms with Gasteiger partial charge in [-0.2, -0.15) is 0 Å². The smallest absolute Gasteiger partial charge is 0.244 e. The van der Waals surface area contributed by atoms with Crippen molar-refractivity contribution in [1.29, 1.82) is 0 Å². The maximum Gasteiger partial charge on any atom is 0.244 e. The average molecular weight is 376 g/mol. The van der Waals surface area contributed by atoms with E-state index in [1.54, 1.807) is 12.1 Å². The molecule has 0 amide bonds. The van der Waals surface area contributed by atoms with Crippen LogP contribution in [-0.2, 0) is 10.0 Å². The standard InChI is InChI=1S/C19H24N2O4S/c1-24-17-8-9-18(25-2)19(12-17)26(22,23)20-13-15-10-11-21(14-15)16-6-4-3-5-7-16/h3-9,12,15,20H,10-11,13-14H2,1-2H3. The van der Waals surface area contributed by atoms with Gasteiger partial charge in [0.2, 0.25) is 10.0 Å². The summed E-state index contributed by atoms with van der Waals surface area (Å²) in [6.07, 6.45) is 0.951. The molecule has 7 heteroatoms. The van der Waals surface area contributed by atoms with Crippen LogP contribution in [0, 0.1) is 5.92 Å².